The van der Waals surface area contributed by atoms with Crippen LogP contribution in [0, 0.1) is 0 Å². The van der Waals surface area contributed by atoms with E-state index in [2.05, 4.69) is 0 Å². The van der Waals surface area contributed by atoms with Crippen molar-refractivity contribution >= 4 is 5.78 Å². The fraction of sp³-hybridized carbons (Fsp3) is 0.235. The summed E-state index contributed by atoms with van der Waals surface area (Å²) in [4.78, 5) is 12.6. The van der Waals surface area contributed by atoms with E-state index < -0.39 is 17.4 Å². The normalized spacial score (nSPS) is 21.6. The molecule has 0 bridgehead atoms. The van der Waals surface area contributed by atoms with Crippen molar-refractivity contribution in [2.45, 2.75) is 11.6 Å². The zero-order valence-corrected chi connectivity index (χ0v) is 13.0. The van der Waals surface area contributed by atoms with Crippen LogP contribution in [0.2, 0.25) is 0 Å². The SMILES string of the molecule is COc1ccc2c(c1OC)OC(O)(c1ccccc1)C(O)(O)C2=O. The molecule has 1 unspecified atom stereocenters. The van der Waals surface area contributed by atoms with Gasteiger partial charge in [0, 0.05) is 5.56 Å². The van der Waals surface area contributed by atoms with E-state index >= 15 is 0 Å². The van der Waals surface area contributed by atoms with Crippen molar-refractivity contribution < 1.29 is 34.3 Å². The van der Waals surface area contributed by atoms with Crippen molar-refractivity contribution in [1.29, 1.82) is 0 Å². The second-order valence-corrected chi connectivity index (χ2v) is 5.29. The molecular formula is C17H16O7. The van der Waals surface area contributed by atoms with Crippen molar-refractivity contribution in [1.82, 2.24) is 0 Å². The Morgan fingerprint density at radius 1 is 0.958 bits per heavy atom. The van der Waals surface area contributed by atoms with Crippen LogP contribution >= 0.6 is 0 Å². The Hall–Kier alpha value is -2.61. The Labute approximate surface area is 137 Å². The Bertz CT molecular complexity index is 785. The first-order chi connectivity index (χ1) is 11.4. The van der Waals surface area contributed by atoms with Gasteiger partial charge in [-0.2, -0.15) is 0 Å². The monoisotopic (exact) mass is 332 g/mol. The maximum atomic E-state index is 12.6. The van der Waals surface area contributed by atoms with Gasteiger partial charge < -0.3 is 29.5 Å². The number of ether oxygens (including phenoxy) is 3. The number of Topliss-reactive ketones (excluding diaryl/α,β-unsaturated/α-hetero) is 1. The first kappa shape index (κ1) is 16.3. The van der Waals surface area contributed by atoms with E-state index in [-0.39, 0.29) is 28.4 Å². The van der Waals surface area contributed by atoms with Crippen molar-refractivity contribution in [2.75, 3.05) is 14.2 Å². The number of methoxy groups -OCH3 is 2. The molecule has 7 heteroatoms. The molecule has 126 valence electrons. The highest BCUT2D eigenvalue weighted by Gasteiger charge is 2.62. The molecule has 0 aromatic heterocycles. The first-order valence-corrected chi connectivity index (χ1v) is 7.08. The average molecular weight is 332 g/mol. The Morgan fingerprint density at radius 3 is 2.21 bits per heavy atom. The van der Waals surface area contributed by atoms with Gasteiger partial charge in [-0.15, -0.1) is 0 Å². The molecule has 1 atom stereocenters. The third-order valence-corrected chi connectivity index (χ3v) is 3.95. The van der Waals surface area contributed by atoms with E-state index in [1.807, 2.05) is 0 Å². The van der Waals surface area contributed by atoms with E-state index in [4.69, 9.17) is 14.2 Å². The molecule has 7 nitrogen and oxygen atoms in total. The summed E-state index contributed by atoms with van der Waals surface area (Å²) < 4.78 is 15.8. The summed E-state index contributed by atoms with van der Waals surface area (Å²) in [7, 11) is 2.74. The maximum absolute atomic E-state index is 12.6. The average Bonchev–Trinajstić information content (AvgIpc) is 2.60. The Balaban J connectivity index is 2.26. The van der Waals surface area contributed by atoms with Crippen LogP contribution in [-0.4, -0.2) is 41.1 Å². The van der Waals surface area contributed by atoms with Crippen molar-refractivity contribution in [3.63, 3.8) is 0 Å². The molecule has 2 aromatic carbocycles. The molecule has 0 saturated heterocycles. The van der Waals surface area contributed by atoms with Gasteiger partial charge in [-0.25, -0.2) is 0 Å². The van der Waals surface area contributed by atoms with Gasteiger partial charge in [-0.05, 0) is 12.1 Å². The largest absolute Gasteiger partial charge is 0.493 e. The second kappa shape index (κ2) is 5.48. The fourth-order valence-corrected chi connectivity index (χ4v) is 2.66. The van der Waals surface area contributed by atoms with E-state index in [0.29, 0.717) is 0 Å². The van der Waals surface area contributed by atoms with Crippen LogP contribution in [0.1, 0.15) is 15.9 Å². The third-order valence-electron chi connectivity index (χ3n) is 3.95. The molecule has 24 heavy (non-hydrogen) atoms. The van der Waals surface area contributed by atoms with Gasteiger partial charge in [0.15, 0.2) is 11.5 Å². The highest BCUT2D eigenvalue weighted by molar-refractivity contribution is 6.06. The van der Waals surface area contributed by atoms with Crippen molar-refractivity contribution in [3.8, 4) is 17.2 Å². The van der Waals surface area contributed by atoms with Crippen LogP contribution in [-0.2, 0) is 5.79 Å². The van der Waals surface area contributed by atoms with Gasteiger partial charge in [0.2, 0.25) is 11.5 Å². The number of fused-ring (bicyclic) bond motifs is 1. The number of ketones is 1. The minimum absolute atomic E-state index is 0.00104. The number of benzene rings is 2. The van der Waals surface area contributed by atoms with Crippen LogP contribution < -0.4 is 14.2 Å². The number of carbonyl (C=O) groups excluding carboxylic acids is 1. The van der Waals surface area contributed by atoms with Crippen LogP contribution in [0.4, 0.5) is 0 Å². The van der Waals surface area contributed by atoms with Crippen LogP contribution in [0.5, 0.6) is 17.2 Å². The standard InChI is InChI=1S/C17H16O7/c1-22-12-9-8-11-13(14(12)23-2)24-17(21,16(19,20)15(11)18)10-6-4-3-5-7-10/h3-9,19-21H,1-2H3. The molecule has 1 heterocycles. The van der Waals surface area contributed by atoms with E-state index in [9.17, 15) is 20.1 Å². The van der Waals surface area contributed by atoms with E-state index in [1.165, 1.54) is 38.5 Å². The lowest BCUT2D eigenvalue weighted by Crippen LogP contribution is -2.62. The molecular weight excluding hydrogens is 316 g/mol. The van der Waals surface area contributed by atoms with Gasteiger partial charge in [0.05, 0.1) is 19.8 Å². The highest BCUT2D eigenvalue weighted by atomic mass is 16.7. The number of hydrogen-bond acceptors (Lipinski definition) is 7. The van der Waals surface area contributed by atoms with Gasteiger partial charge >= 0.3 is 5.79 Å². The quantitative estimate of drug-likeness (QED) is 0.714. The number of aliphatic hydroxyl groups is 3. The fourth-order valence-electron chi connectivity index (χ4n) is 2.66. The summed E-state index contributed by atoms with van der Waals surface area (Å²) in [5, 5.41) is 31.5. The molecule has 0 saturated carbocycles. The van der Waals surface area contributed by atoms with E-state index in [1.54, 1.807) is 18.2 Å². The zero-order chi connectivity index (χ0) is 17.5. The van der Waals surface area contributed by atoms with Gasteiger partial charge in [0.1, 0.15) is 0 Å². The summed E-state index contributed by atoms with van der Waals surface area (Å²) in [6.07, 6.45) is 0. The molecule has 1 aliphatic rings. The molecule has 0 aliphatic carbocycles. The molecule has 0 spiro atoms. The lowest BCUT2D eigenvalue weighted by molar-refractivity contribution is -0.328. The van der Waals surface area contributed by atoms with Gasteiger partial charge in [-0.3, -0.25) is 4.79 Å². The lowest BCUT2D eigenvalue weighted by Gasteiger charge is -2.42. The summed E-state index contributed by atoms with van der Waals surface area (Å²) in [6, 6.07) is 10.4. The number of rotatable bonds is 3. The minimum atomic E-state index is -3.18. The summed E-state index contributed by atoms with van der Waals surface area (Å²) in [6.45, 7) is 0. The summed E-state index contributed by atoms with van der Waals surface area (Å²) >= 11 is 0. The lowest BCUT2D eigenvalue weighted by atomic mass is 9.87. The second-order valence-electron chi connectivity index (χ2n) is 5.29. The minimum Gasteiger partial charge on any atom is -0.493 e. The summed E-state index contributed by atoms with van der Waals surface area (Å²) in [5.41, 5.74) is -0.142. The molecule has 0 amide bonds. The predicted molar refractivity (Wildman–Crippen MR) is 82.0 cm³/mol. The van der Waals surface area contributed by atoms with Crippen molar-refractivity contribution in [2.24, 2.45) is 0 Å². The van der Waals surface area contributed by atoms with Gasteiger partial charge in [0.25, 0.3) is 5.79 Å². The molecule has 2 aromatic rings. The van der Waals surface area contributed by atoms with Crippen LogP contribution in [0.25, 0.3) is 0 Å². The van der Waals surface area contributed by atoms with Crippen LogP contribution in [0.15, 0.2) is 42.5 Å². The molecule has 1 aliphatic heterocycles. The van der Waals surface area contributed by atoms with Crippen molar-refractivity contribution in [3.05, 3.63) is 53.6 Å². The molecule has 3 rings (SSSR count). The maximum Gasteiger partial charge on any atom is 0.301 e. The van der Waals surface area contributed by atoms with Crippen LogP contribution in [0.3, 0.4) is 0 Å². The predicted octanol–water partition coefficient (Wildman–Crippen LogP) is 0.805. The number of carbonyl (C=O) groups is 1. The highest BCUT2D eigenvalue weighted by Crippen LogP contribution is 2.49. The molecule has 0 radical (unpaired) electrons. The smallest absolute Gasteiger partial charge is 0.301 e. The van der Waals surface area contributed by atoms with Gasteiger partial charge in [-0.1, -0.05) is 30.3 Å². The zero-order valence-electron chi connectivity index (χ0n) is 13.0. The third kappa shape index (κ3) is 2.06. The molecule has 0 fully saturated rings. The number of hydrogen-bond donors (Lipinski definition) is 3. The first-order valence-electron chi connectivity index (χ1n) is 7.08. The Morgan fingerprint density at radius 2 is 1.62 bits per heavy atom. The summed E-state index contributed by atoms with van der Waals surface area (Å²) in [5.74, 6) is -6.81. The topological polar surface area (TPSA) is 105 Å². The van der Waals surface area contributed by atoms with E-state index in [0.717, 1.165) is 0 Å². The Kier molecular flexibility index (Phi) is 3.71. The molecule has 3 N–H and O–H groups in total.